The molecule has 0 unspecified atom stereocenters. The van der Waals surface area contributed by atoms with Crippen LogP contribution in [-0.2, 0) is 6.54 Å². The predicted octanol–water partition coefficient (Wildman–Crippen LogP) is 3.39. The lowest BCUT2D eigenvalue weighted by molar-refractivity contribution is 0.171. The highest BCUT2D eigenvalue weighted by atomic mass is 79.9. The van der Waals surface area contributed by atoms with Crippen LogP contribution in [0.1, 0.15) is 12.0 Å². The molecule has 7 heteroatoms. The lowest BCUT2D eigenvalue weighted by Crippen LogP contribution is -2.30. The van der Waals surface area contributed by atoms with Gasteiger partial charge >= 0.3 is 0 Å². The Morgan fingerprint density at radius 3 is 2.71 bits per heavy atom. The minimum Gasteiger partial charge on any atom is -0.486 e. The second kappa shape index (κ2) is 7.29. The van der Waals surface area contributed by atoms with Crippen molar-refractivity contribution < 1.29 is 9.47 Å². The summed E-state index contributed by atoms with van der Waals surface area (Å²) in [6, 6.07) is 4.14. The van der Waals surface area contributed by atoms with Gasteiger partial charge in [0.2, 0.25) is 0 Å². The van der Waals surface area contributed by atoms with Gasteiger partial charge in [0.05, 0.1) is 0 Å². The fraction of sp³-hybridized carbons (Fsp3) is 0.471. The molecule has 0 amide bonds. The Hall–Kier alpha value is -1.31. The Morgan fingerprint density at radius 1 is 1.08 bits per heavy atom. The van der Waals surface area contributed by atoms with E-state index in [1.807, 2.05) is 17.6 Å². The maximum atomic E-state index is 5.72. The Morgan fingerprint density at radius 2 is 1.92 bits per heavy atom. The fourth-order valence-electron chi connectivity index (χ4n) is 3.16. The van der Waals surface area contributed by atoms with Gasteiger partial charge in [0.25, 0.3) is 0 Å². The molecule has 1 aromatic heterocycles. The topological polar surface area (TPSA) is 37.8 Å². The first-order valence-corrected chi connectivity index (χ1v) is 9.92. The summed E-state index contributed by atoms with van der Waals surface area (Å²) < 4.78 is 12.5. The minimum absolute atomic E-state index is 0.623. The van der Waals surface area contributed by atoms with E-state index in [4.69, 9.17) is 9.47 Å². The van der Waals surface area contributed by atoms with Crippen LogP contribution >= 0.6 is 27.3 Å². The zero-order valence-electron chi connectivity index (χ0n) is 13.4. The summed E-state index contributed by atoms with van der Waals surface area (Å²) in [7, 11) is 0. The van der Waals surface area contributed by atoms with Gasteiger partial charge in [0, 0.05) is 48.8 Å². The fourth-order valence-corrected chi connectivity index (χ4v) is 4.31. The Labute approximate surface area is 154 Å². The third-order valence-corrected chi connectivity index (χ3v) is 5.95. The normalized spacial score (nSPS) is 18.5. The lowest BCUT2D eigenvalue weighted by Gasteiger charge is -2.24. The van der Waals surface area contributed by atoms with Gasteiger partial charge in [-0.25, -0.2) is 4.98 Å². The third-order valence-electron chi connectivity index (χ3n) is 4.38. The summed E-state index contributed by atoms with van der Waals surface area (Å²) in [4.78, 5) is 9.34. The van der Waals surface area contributed by atoms with Crippen molar-refractivity contribution in [2.45, 2.75) is 13.0 Å². The van der Waals surface area contributed by atoms with Crippen LogP contribution in [0.25, 0.3) is 0 Å². The quantitative estimate of drug-likeness (QED) is 0.776. The number of nitrogens with zero attached hydrogens (tertiary/aromatic N) is 3. The van der Waals surface area contributed by atoms with E-state index in [9.17, 15) is 0 Å². The molecule has 0 bridgehead atoms. The number of hydrogen-bond donors (Lipinski definition) is 0. The van der Waals surface area contributed by atoms with Crippen LogP contribution in [0.15, 0.2) is 28.2 Å². The lowest BCUT2D eigenvalue weighted by atomic mass is 10.1. The largest absolute Gasteiger partial charge is 0.486 e. The SMILES string of the molecule is Brc1cc2c(cc1CN1CCCN(c3nccs3)CC1)OCCO2. The monoisotopic (exact) mass is 409 g/mol. The van der Waals surface area contributed by atoms with Gasteiger partial charge in [-0.05, 0) is 24.1 Å². The van der Waals surface area contributed by atoms with E-state index in [2.05, 4.69) is 36.8 Å². The van der Waals surface area contributed by atoms with Gasteiger partial charge in [-0.1, -0.05) is 15.9 Å². The number of fused-ring (bicyclic) bond motifs is 1. The molecule has 0 aliphatic carbocycles. The first-order chi connectivity index (χ1) is 11.8. The molecule has 2 aliphatic heterocycles. The molecule has 0 atom stereocenters. The van der Waals surface area contributed by atoms with Crippen molar-refractivity contribution in [1.29, 1.82) is 0 Å². The number of aromatic nitrogens is 1. The minimum atomic E-state index is 0.623. The highest BCUT2D eigenvalue weighted by Gasteiger charge is 2.19. The summed E-state index contributed by atoms with van der Waals surface area (Å²) in [5.41, 5.74) is 1.25. The van der Waals surface area contributed by atoms with Gasteiger partial charge in [0.15, 0.2) is 16.6 Å². The van der Waals surface area contributed by atoms with Gasteiger partial charge in [-0.3, -0.25) is 4.90 Å². The first-order valence-electron chi connectivity index (χ1n) is 8.24. The molecule has 128 valence electrons. The summed E-state index contributed by atoms with van der Waals surface area (Å²) in [5, 5.41) is 3.18. The third kappa shape index (κ3) is 3.53. The van der Waals surface area contributed by atoms with Crippen LogP contribution in [0, 0.1) is 0 Å². The van der Waals surface area contributed by atoms with Gasteiger partial charge in [-0.2, -0.15) is 0 Å². The summed E-state index contributed by atoms with van der Waals surface area (Å²) >= 11 is 5.40. The van der Waals surface area contributed by atoms with Crippen LogP contribution < -0.4 is 14.4 Å². The van der Waals surface area contributed by atoms with Crippen LogP contribution in [0.4, 0.5) is 5.13 Å². The van der Waals surface area contributed by atoms with E-state index in [1.54, 1.807) is 11.3 Å². The zero-order valence-corrected chi connectivity index (χ0v) is 15.8. The maximum absolute atomic E-state index is 5.72. The maximum Gasteiger partial charge on any atom is 0.185 e. The van der Waals surface area contributed by atoms with Crippen molar-refractivity contribution in [2.24, 2.45) is 0 Å². The molecule has 24 heavy (non-hydrogen) atoms. The molecule has 1 fully saturated rings. The van der Waals surface area contributed by atoms with Crippen molar-refractivity contribution in [3.8, 4) is 11.5 Å². The molecule has 1 saturated heterocycles. The van der Waals surface area contributed by atoms with Gasteiger partial charge in [0.1, 0.15) is 13.2 Å². The number of hydrogen-bond acceptors (Lipinski definition) is 6. The van der Waals surface area contributed by atoms with E-state index < -0.39 is 0 Å². The average Bonchev–Trinajstić information content (AvgIpc) is 3.03. The smallest absolute Gasteiger partial charge is 0.185 e. The Kier molecular flexibility index (Phi) is 4.91. The number of thiazole rings is 1. The summed E-state index contributed by atoms with van der Waals surface area (Å²) in [5.74, 6) is 1.70. The second-order valence-electron chi connectivity index (χ2n) is 6.02. The molecular formula is C17H20BrN3O2S. The van der Waals surface area contributed by atoms with Crippen LogP contribution in [-0.4, -0.2) is 49.3 Å². The standard InChI is InChI=1S/C17H20BrN3O2S/c18-14-11-16-15(22-7-8-23-16)10-13(14)12-20-3-1-4-21(6-5-20)17-19-2-9-24-17/h2,9-11H,1,3-8,12H2. The van der Waals surface area contributed by atoms with Crippen molar-refractivity contribution in [2.75, 3.05) is 44.3 Å². The molecule has 4 rings (SSSR count). The number of ether oxygens (including phenoxy) is 2. The molecule has 0 N–H and O–H groups in total. The van der Waals surface area contributed by atoms with Crippen molar-refractivity contribution in [1.82, 2.24) is 9.88 Å². The van der Waals surface area contributed by atoms with Crippen molar-refractivity contribution in [3.63, 3.8) is 0 Å². The van der Waals surface area contributed by atoms with Crippen LogP contribution in [0.3, 0.4) is 0 Å². The van der Waals surface area contributed by atoms with E-state index in [1.165, 1.54) is 5.56 Å². The highest BCUT2D eigenvalue weighted by Crippen LogP contribution is 2.36. The van der Waals surface area contributed by atoms with Crippen molar-refractivity contribution >= 4 is 32.4 Å². The molecule has 0 spiro atoms. The van der Waals surface area contributed by atoms with Gasteiger partial charge < -0.3 is 14.4 Å². The molecule has 2 aromatic rings. The Balaban J connectivity index is 1.44. The highest BCUT2D eigenvalue weighted by molar-refractivity contribution is 9.10. The Bertz CT molecular complexity index is 695. The van der Waals surface area contributed by atoms with Crippen molar-refractivity contribution in [3.05, 3.63) is 33.7 Å². The molecule has 1 aromatic carbocycles. The number of benzene rings is 1. The zero-order chi connectivity index (χ0) is 16.4. The molecule has 0 saturated carbocycles. The van der Waals surface area contributed by atoms with E-state index >= 15 is 0 Å². The summed E-state index contributed by atoms with van der Waals surface area (Å²) in [6.07, 6.45) is 3.04. The number of rotatable bonds is 3. The van der Waals surface area contributed by atoms with E-state index in [0.717, 1.165) is 60.2 Å². The molecule has 0 radical (unpaired) electrons. The van der Waals surface area contributed by atoms with E-state index in [0.29, 0.717) is 13.2 Å². The van der Waals surface area contributed by atoms with Gasteiger partial charge in [-0.15, -0.1) is 11.3 Å². The second-order valence-corrected chi connectivity index (χ2v) is 7.75. The molecule has 3 heterocycles. The van der Waals surface area contributed by atoms with Crippen LogP contribution in [0.5, 0.6) is 11.5 Å². The summed E-state index contributed by atoms with van der Waals surface area (Å²) in [6.45, 7) is 6.41. The predicted molar refractivity (Wildman–Crippen MR) is 99.4 cm³/mol. The average molecular weight is 410 g/mol. The number of anilines is 1. The molecule has 5 nitrogen and oxygen atoms in total. The van der Waals surface area contributed by atoms with E-state index in [-0.39, 0.29) is 0 Å². The number of halogens is 1. The van der Waals surface area contributed by atoms with Crippen LogP contribution in [0.2, 0.25) is 0 Å². The first kappa shape index (κ1) is 16.2. The molecular weight excluding hydrogens is 390 g/mol. The molecule has 2 aliphatic rings.